The molecule has 0 spiro atoms. The second-order valence-corrected chi connectivity index (χ2v) is 8.66. The topological polar surface area (TPSA) is 119 Å². The summed E-state index contributed by atoms with van der Waals surface area (Å²) in [4.78, 5) is 29.3. The first-order valence-electron chi connectivity index (χ1n) is 9.14. The van der Waals surface area contributed by atoms with Crippen LogP contribution in [0.3, 0.4) is 0 Å². The summed E-state index contributed by atoms with van der Waals surface area (Å²) in [5.74, 6) is 0. The Labute approximate surface area is 174 Å². The van der Waals surface area contributed by atoms with Crippen LogP contribution in [0.2, 0.25) is 0 Å². The zero-order valence-corrected chi connectivity index (χ0v) is 16.9. The summed E-state index contributed by atoms with van der Waals surface area (Å²) < 4.78 is 32.3. The Morgan fingerprint density at radius 1 is 0.968 bits per heavy atom. The maximum Gasteiger partial charge on any atom is 0.336 e. The predicted molar refractivity (Wildman–Crippen MR) is 119 cm³/mol. The summed E-state index contributed by atoms with van der Waals surface area (Å²) in [5, 5.41) is 5.12. The molecule has 6 rings (SSSR count). The van der Waals surface area contributed by atoms with Gasteiger partial charge in [0.15, 0.2) is 0 Å². The van der Waals surface area contributed by atoms with Crippen LogP contribution < -0.4 is 11.2 Å². The minimum absolute atomic E-state index is 0.220. The normalized spacial score (nSPS) is 12.1. The number of benzene rings is 2. The second-order valence-electron chi connectivity index (χ2n) is 7.19. The first-order chi connectivity index (χ1) is 14.7. The lowest BCUT2D eigenvalue weighted by Gasteiger charge is -2.05. The van der Waals surface area contributed by atoms with E-state index in [1.165, 1.54) is 12.3 Å². The van der Waals surface area contributed by atoms with E-state index in [0.29, 0.717) is 22.5 Å². The van der Waals surface area contributed by atoms with E-state index >= 15 is 0 Å². The van der Waals surface area contributed by atoms with Crippen molar-refractivity contribution in [2.75, 3.05) is 6.26 Å². The van der Waals surface area contributed by atoms with Crippen LogP contribution in [0.5, 0.6) is 0 Å². The van der Waals surface area contributed by atoms with Gasteiger partial charge in [-0.25, -0.2) is 9.78 Å². The zero-order valence-electron chi connectivity index (χ0n) is 16.1. The van der Waals surface area contributed by atoms with Crippen molar-refractivity contribution in [1.29, 1.82) is 0 Å². The van der Waals surface area contributed by atoms with Crippen molar-refractivity contribution in [3.63, 3.8) is 0 Å². The number of hydrogen-bond donors (Lipinski definition) is 1. The van der Waals surface area contributed by atoms with Crippen LogP contribution >= 0.6 is 0 Å². The molecule has 0 bridgehead atoms. The summed E-state index contributed by atoms with van der Waals surface area (Å²) in [6.07, 6.45) is 3.77. The molecule has 0 aliphatic carbocycles. The van der Waals surface area contributed by atoms with E-state index in [9.17, 15) is 18.0 Å². The number of fused-ring (bicyclic) bond motifs is 5. The van der Waals surface area contributed by atoms with Gasteiger partial charge in [0.25, 0.3) is 15.7 Å². The smallest absolute Gasteiger partial charge is 0.336 e. The molecule has 0 fully saturated rings. The van der Waals surface area contributed by atoms with Crippen molar-refractivity contribution in [3.8, 4) is 0 Å². The van der Waals surface area contributed by atoms with E-state index in [2.05, 4.69) is 12.1 Å². The zero-order chi connectivity index (χ0) is 21.9. The van der Waals surface area contributed by atoms with Crippen LogP contribution in [0.25, 0.3) is 48.9 Å². The highest BCUT2D eigenvalue weighted by molar-refractivity contribution is 7.85. The quantitative estimate of drug-likeness (QED) is 0.365. The highest BCUT2D eigenvalue weighted by atomic mass is 32.2. The molecule has 0 radical (unpaired) electrons. The average Bonchev–Trinajstić information content (AvgIpc) is 3.06. The molecule has 31 heavy (non-hydrogen) atoms. The van der Waals surface area contributed by atoms with Gasteiger partial charge in [0, 0.05) is 23.0 Å². The van der Waals surface area contributed by atoms with Crippen LogP contribution in [0.15, 0.2) is 75.0 Å². The lowest BCUT2D eigenvalue weighted by atomic mass is 10.0. The first-order valence-corrected chi connectivity index (χ1v) is 11.0. The molecule has 8 nitrogen and oxygen atoms in total. The maximum absolute atomic E-state index is 12.9. The van der Waals surface area contributed by atoms with Gasteiger partial charge in [0.2, 0.25) is 0 Å². The van der Waals surface area contributed by atoms with Gasteiger partial charge in [-0.1, -0.05) is 30.3 Å². The second kappa shape index (κ2) is 6.59. The Balaban J connectivity index is 0.000000371. The van der Waals surface area contributed by atoms with Gasteiger partial charge in [0.05, 0.1) is 28.2 Å². The van der Waals surface area contributed by atoms with Crippen LogP contribution in [0.4, 0.5) is 0 Å². The maximum atomic E-state index is 12.9. The van der Waals surface area contributed by atoms with Gasteiger partial charge < -0.3 is 4.42 Å². The average molecular weight is 434 g/mol. The molecule has 6 aromatic rings. The van der Waals surface area contributed by atoms with Gasteiger partial charge >= 0.3 is 5.63 Å². The molecular formula is C22H14N2O6S. The van der Waals surface area contributed by atoms with Crippen molar-refractivity contribution >= 4 is 59.0 Å². The Morgan fingerprint density at radius 2 is 1.68 bits per heavy atom. The Morgan fingerprint density at radius 3 is 2.42 bits per heavy atom. The van der Waals surface area contributed by atoms with E-state index in [4.69, 9.17) is 14.0 Å². The summed E-state index contributed by atoms with van der Waals surface area (Å²) in [7, 11) is -3.67. The standard InChI is InChI=1S/C21H10N2O3.CH4O3S/c24-18-8-12-7-17-20-14(9-23(17)21(25)15(12)10-26-18)13-5-1-3-11-4-2-6-16(22-20)19(11)13;1-5(2,3)4/h1-10H;1H3,(H,2,3,4). The van der Waals surface area contributed by atoms with E-state index in [1.807, 2.05) is 36.5 Å². The highest BCUT2D eigenvalue weighted by Gasteiger charge is 2.15. The number of nitrogens with zero attached hydrogens (tertiary/aromatic N) is 2. The molecule has 0 aliphatic heterocycles. The van der Waals surface area contributed by atoms with E-state index in [-0.39, 0.29) is 5.56 Å². The van der Waals surface area contributed by atoms with Gasteiger partial charge in [-0.05, 0) is 28.3 Å². The highest BCUT2D eigenvalue weighted by Crippen LogP contribution is 2.33. The van der Waals surface area contributed by atoms with Crippen molar-refractivity contribution < 1.29 is 17.4 Å². The van der Waals surface area contributed by atoms with Crippen LogP contribution in [-0.2, 0) is 10.1 Å². The summed E-state index contributed by atoms with van der Waals surface area (Å²) in [5.41, 5.74) is 1.63. The number of rotatable bonds is 0. The molecule has 4 heterocycles. The lowest BCUT2D eigenvalue weighted by molar-refractivity contribution is 0.490. The van der Waals surface area contributed by atoms with Crippen molar-refractivity contribution in [3.05, 3.63) is 81.8 Å². The number of pyridine rings is 2. The van der Waals surface area contributed by atoms with Gasteiger partial charge in [-0.3, -0.25) is 13.7 Å². The van der Waals surface area contributed by atoms with Crippen LogP contribution in [0, 0.1) is 0 Å². The number of aromatic nitrogens is 2. The lowest BCUT2D eigenvalue weighted by Crippen LogP contribution is -2.12. The van der Waals surface area contributed by atoms with Crippen LogP contribution in [-0.4, -0.2) is 28.6 Å². The largest absolute Gasteiger partial charge is 0.430 e. The molecule has 0 aliphatic rings. The minimum Gasteiger partial charge on any atom is -0.430 e. The monoisotopic (exact) mass is 434 g/mol. The Hall–Kier alpha value is -3.82. The minimum atomic E-state index is -3.67. The van der Waals surface area contributed by atoms with Crippen molar-refractivity contribution in [1.82, 2.24) is 9.38 Å². The third-order valence-electron chi connectivity index (χ3n) is 5.04. The molecule has 154 valence electrons. The Bertz CT molecular complexity index is 1860. The van der Waals surface area contributed by atoms with E-state index < -0.39 is 15.7 Å². The summed E-state index contributed by atoms with van der Waals surface area (Å²) in [6.45, 7) is 0. The molecule has 0 unspecified atom stereocenters. The number of hydrogen-bond acceptors (Lipinski definition) is 6. The molecule has 0 atom stereocenters. The molecular weight excluding hydrogens is 420 g/mol. The van der Waals surface area contributed by atoms with Crippen molar-refractivity contribution in [2.45, 2.75) is 0 Å². The SMILES string of the molecule is CS(=O)(=O)O.O=c1cc2cc3c4nc5cccc6cccc(c4cn3c(=O)c2co1)c65. The fraction of sp³-hybridized carbons (Fsp3) is 0.0455. The molecule has 2 aromatic carbocycles. The van der Waals surface area contributed by atoms with Gasteiger partial charge in [-0.15, -0.1) is 0 Å². The van der Waals surface area contributed by atoms with E-state index in [1.54, 1.807) is 4.40 Å². The molecule has 4 aromatic heterocycles. The van der Waals surface area contributed by atoms with Crippen molar-refractivity contribution in [2.24, 2.45) is 0 Å². The molecule has 9 heteroatoms. The molecule has 0 amide bonds. The third kappa shape index (κ3) is 3.20. The van der Waals surface area contributed by atoms with Gasteiger partial charge in [0.1, 0.15) is 6.26 Å². The molecule has 1 N–H and O–H groups in total. The third-order valence-corrected chi connectivity index (χ3v) is 5.04. The molecule has 0 saturated heterocycles. The molecule has 0 saturated carbocycles. The summed E-state index contributed by atoms with van der Waals surface area (Å²) in [6, 6.07) is 15.3. The van der Waals surface area contributed by atoms with Gasteiger partial charge in [-0.2, -0.15) is 8.42 Å². The first kappa shape index (κ1) is 19.2. The van der Waals surface area contributed by atoms with E-state index in [0.717, 1.165) is 32.6 Å². The fourth-order valence-corrected chi connectivity index (χ4v) is 3.89. The fourth-order valence-electron chi connectivity index (χ4n) is 3.89. The predicted octanol–water partition coefficient (Wildman–Crippen LogP) is 3.20. The van der Waals surface area contributed by atoms with Crippen LogP contribution in [0.1, 0.15) is 0 Å². The Kier molecular flexibility index (Phi) is 4.07. The summed E-state index contributed by atoms with van der Waals surface area (Å²) >= 11 is 0.